The van der Waals surface area contributed by atoms with Crippen molar-refractivity contribution in [3.8, 4) is 0 Å². The van der Waals surface area contributed by atoms with Crippen LogP contribution in [0.3, 0.4) is 0 Å². The second-order valence-corrected chi connectivity index (χ2v) is 4.59. The highest BCUT2D eigenvalue weighted by atomic mass is 16.6. The van der Waals surface area contributed by atoms with Crippen molar-refractivity contribution in [2.24, 2.45) is 7.05 Å². The number of anilines is 1. The van der Waals surface area contributed by atoms with Crippen molar-refractivity contribution in [2.75, 3.05) is 25.0 Å². The molecule has 1 aliphatic heterocycles. The standard InChI is InChI=1S/C11H19N5O2/c1-3-15-6-4-5-9(15)7-12-10-11(16(17)18)13-8-14(10)2/h8-9,12H,3-7H2,1-2H3. The Morgan fingerprint density at radius 1 is 1.67 bits per heavy atom. The number of nitro groups is 1. The molecule has 1 atom stereocenters. The van der Waals surface area contributed by atoms with Gasteiger partial charge < -0.3 is 15.4 Å². The number of imidazole rings is 1. The summed E-state index contributed by atoms with van der Waals surface area (Å²) in [7, 11) is 1.76. The van der Waals surface area contributed by atoms with Gasteiger partial charge in [0.2, 0.25) is 12.1 Å². The molecule has 1 saturated heterocycles. The maximum Gasteiger partial charge on any atom is 0.406 e. The van der Waals surface area contributed by atoms with Gasteiger partial charge in [-0.3, -0.25) is 9.47 Å². The molecule has 2 heterocycles. The van der Waals surface area contributed by atoms with Gasteiger partial charge in [-0.2, -0.15) is 0 Å². The molecular formula is C11H19N5O2. The number of aryl methyl sites for hydroxylation is 1. The van der Waals surface area contributed by atoms with Crippen molar-refractivity contribution in [1.82, 2.24) is 14.5 Å². The maximum atomic E-state index is 10.8. The van der Waals surface area contributed by atoms with Crippen LogP contribution in [0.2, 0.25) is 0 Å². The van der Waals surface area contributed by atoms with E-state index in [-0.39, 0.29) is 5.82 Å². The monoisotopic (exact) mass is 253 g/mol. The van der Waals surface area contributed by atoms with E-state index in [9.17, 15) is 10.1 Å². The van der Waals surface area contributed by atoms with E-state index in [1.54, 1.807) is 11.6 Å². The number of rotatable bonds is 5. The van der Waals surface area contributed by atoms with Crippen LogP contribution in [0, 0.1) is 10.1 Å². The van der Waals surface area contributed by atoms with Crippen molar-refractivity contribution in [2.45, 2.75) is 25.8 Å². The molecule has 1 fully saturated rings. The van der Waals surface area contributed by atoms with E-state index in [0.29, 0.717) is 11.9 Å². The van der Waals surface area contributed by atoms with Gasteiger partial charge in [-0.1, -0.05) is 6.92 Å². The molecule has 0 aliphatic carbocycles. The third-order valence-electron chi connectivity index (χ3n) is 3.50. The summed E-state index contributed by atoms with van der Waals surface area (Å²) in [6.07, 6.45) is 3.81. The number of likely N-dealkylation sites (N-methyl/N-ethyl adjacent to an activating group) is 1. The Balaban J connectivity index is 2.01. The van der Waals surface area contributed by atoms with Crippen molar-refractivity contribution >= 4 is 11.6 Å². The zero-order valence-electron chi connectivity index (χ0n) is 10.8. The first-order valence-corrected chi connectivity index (χ1v) is 6.27. The Labute approximate surface area is 106 Å². The van der Waals surface area contributed by atoms with Gasteiger partial charge in [0.25, 0.3) is 0 Å². The summed E-state index contributed by atoms with van der Waals surface area (Å²) in [6.45, 7) is 5.02. The lowest BCUT2D eigenvalue weighted by atomic mass is 10.2. The third kappa shape index (κ3) is 2.45. The first-order valence-electron chi connectivity index (χ1n) is 6.27. The predicted octanol–water partition coefficient (Wildman–Crippen LogP) is 1.22. The molecule has 100 valence electrons. The zero-order chi connectivity index (χ0) is 13.1. The highest BCUT2D eigenvalue weighted by Crippen LogP contribution is 2.23. The Hall–Kier alpha value is -1.63. The van der Waals surface area contributed by atoms with Crippen molar-refractivity contribution < 1.29 is 4.92 Å². The lowest BCUT2D eigenvalue weighted by Gasteiger charge is -2.23. The number of hydrogen-bond donors (Lipinski definition) is 1. The molecule has 0 saturated carbocycles. The molecule has 0 amide bonds. The molecule has 1 aromatic heterocycles. The van der Waals surface area contributed by atoms with E-state index in [1.165, 1.54) is 12.7 Å². The quantitative estimate of drug-likeness (QED) is 0.630. The Morgan fingerprint density at radius 2 is 2.44 bits per heavy atom. The van der Waals surface area contributed by atoms with E-state index >= 15 is 0 Å². The third-order valence-corrected chi connectivity index (χ3v) is 3.50. The van der Waals surface area contributed by atoms with E-state index in [1.807, 2.05) is 0 Å². The fourth-order valence-corrected chi connectivity index (χ4v) is 2.51. The number of likely N-dealkylation sites (tertiary alicyclic amines) is 1. The molecule has 1 unspecified atom stereocenters. The van der Waals surface area contributed by atoms with Crippen LogP contribution < -0.4 is 5.32 Å². The molecule has 18 heavy (non-hydrogen) atoms. The van der Waals surface area contributed by atoms with Crippen LogP contribution in [0.15, 0.2) is 6.33 Å². The zero-order valence-corrected chi connectivity index (χ0v) is 10.8. The van der Waals surface area contributed by atoms with E-state index in [0.717, 1.165) is 26.1 Å². The summed E-state index contributed by atoms with van der Waals surface area (Å²) in [4.78, 5) is 16.6. The number of aromatic nitrogens is 2. The van der Waals surface area contributed by atoms with Crippen LogP contribution >= 0.6 is 0 Å². The SMILES string of the molecule is CCN1CCCC1CNc1c([N+](=O)[O-])ncn1C. The molecule has 0 radical (unpaired) electrons. The smallest absolute Gasteiger partial charge is 0.363 e. The highest BCUT2D eigenvalue weighted by molar-refractivity contribution is 5.52. The topological polar surface area (TPSA) is 76.2 Å². The van der Waals surface area contributed by atoms with Crippen LogP contribution in [0.25, 0.3) is 0 Å². The van der Waals surface area contributed by atoms with Gasteiger partial charge in [0.1, 0.15) is 0 Å². The summed E-state index contributed by atoms with van der Waals surface area (Å²) in [5, 5.41) is 14.0. The second-order valence-electron chi connectivity index (χ2n) is 4.59. The molecule has 1 N–H and O–H groups in total. The first-order chi connectivity index (χ1) is 8.63. The minimum Gasteiger partial charge on any atom is -0.363 e. The summed E-state index contributed by atoms with van der Waals surface area (Å²) in [5.74, 6) is 0.390. The second kappa shape index (κ2) is 5.34. The van der Waals surface area contributed by atoms with E-state index in [4.69, 9.17) is 0 Å². The molecule has 2 rings (SSSR count). The van der Waals surface area contributed by atoms with Gasteiger partial charge in [-0.05, 0) is 35.8 Å². The maximum absolute atomic E-state index is 10.8. The summed E-state index contributed by atoms with van der Waals surface area (Å²) in [5.41, 5.74) is 0. The number of nitrogens with one attached hydrogen (secondary N) is 1. The fraction of sp³-hybridized carbons (Fsp3) is 0.727. The average Bonchev–Trinajstić information content (AvgIpc) is 2.92. The van der Waals surface area contributed by atoms with Crippen LogP contribution in [0.5, 0.6) is 0 Å². The molecule has 7 heteroatoms. The summed E-state index contributed by atoms with van der Waals surface area (Å²) >= 11 is 0. The lowest BCUT2D eigenvalue weighted by molar-refractivity contribution is -0.388. The molecule has 1 aliphatic rings. The van der Waals surface area contributed by atoms with E-state index in [2.05, 4.69) is 22.1 Å². The molecule has 7 nitrogen and oxygen atoms in total. The Morgan fingerprint density at radius 3 is 3.11 bits per heavy atom. The Kier molecular flexibility index (Phi) is 3.81. The van der Waals surface area contributed by atoms with Gasteiger partial charge in [-0.15, -0.1) is 0 Å². The Bertz CT molecular complexity index is 431. The van der Waals surface area contributed by atoms with Gasteiger partial charge >= 0.3 is 5.82 Å². The van der Waals surface area contributed by atoms with Crippen LogP contribution in [-0.4, -0.2) is 45.1 Å². The molecule has 1 aromatic rings. The van der Waals surface area contributed by atoms with Crippen molar-refractivity contribution in [3.63, 3.8) is 0 Å². The van der Waals surface area contributed by atoms with Crippen molar-refractivity contribution in [3.05, 3.63) is 16.4 Å². The molecular weight excluding hydrogens is 234 g/mol. The van der Waals surface area contributed by atoms with Gasteiger partial charge in [0, 0.05) is 19.6 Å². The normalized spacial score (nSPS) is 20.2. The minimum absolute atomic E-state index is 0.0986. The van der Waals surface area contributed by atoms with Gasteiger partial charge in [-0.25, -0.2) is 0 Å². The largest absolute Gasteiger partial charge is 0.406 e. The predicted molar refractivity (Wildman–Crippen MR) is 68.6 cm³/mol. The van der Waals surface area contributed by atoms with Crippen LogP contribution in [-0.2, 0) is 7.05 Å². The molecule has 0 bridgehead atoms. The van der Waals surface area contributed by atoms with Crippen LogP contribution in [0.1, 0.15) is 19.8 Å². The summed E-state index contributed by atoms with van der Waals surface area (Å²) < 4.78 is 1.66. The summed E-state index contributed by atoms with van der Waals surface area (Å²) in [6, 6.07) is 0.463. The molecule has 0 aromatic carbocycles. The van der Waals surface area contributed by atoms with Gasteiger partial charge in [0.05, 0.1) is 0 Å². The lowest BCUT2D eigenvalue weighted by Crippen LogP contribution is -2.35. The average molecular weight is 253 g/mol. The van der Waals surface area contributed by atoms with E-state index < -0.39 is 4.92 Å². The number of hydrogen-bond acceptors (Lipinski definition) is 5. The van der Waals surface area contributed by atoms with Crippen LogP contribution in [0.4, 0.5) is 11.6 Å². The van der Waals surface area contributed by atoms with Gasteiger partial charge in [0.15, 0.2) is 0 Å². The van der Waals surface area contributed by atoms with Crippen molar-refractivity contribution in [1.29, 1.82) is 0 Å². The minimum atomic E-state index is -0.450. The fourth-order valence-electron chi connectivity index (χ4n) is 2.51. The first kappa shape index (κ1) is 12.8. The molecule has 0 spiro atoms. The highest BCUT2D eigenvalue weighted by Gasteiger charge is 2.25. The number of nitrogens with zero attached hydrogens (tertiary/aromatic N) is 4.